The Bertz CT molecular complexity index is 446. The van der Waals surface area contributed by atoms with E-state index in [9.17, 15) is 18.0 Å². The lowest BCUT2D eigenvalue weighted by Crippen LogP contribution is -2.30. The summed E-state index contributed by atoms with van der Waals surface area (Å²) in [5, 5.41) is 1.86. The first-order chi connectivity index (χ1) is 7.75. The summed E-state index contributed by atoms with van der Waals surface area (Å²) in [7, 11) is 1.38. The highest BCUT2D eigenvalue weighted by molar-refractivity contribution is 6.32. The molecule has 0 saturated heterocycles. The van der Waals surface area contributed by atoms with E-state index in [2.05, 4.69) is 0 Å². The predicted octanol–water partition coefficient (Wildman–Crippen LogP) is 3.16. The van der Waals surface area contributed by atoms with E-state index in [1.54, 1.807) is 5.32 Å². The fraction of sp³-hybridized carbons (Fsp3) is 0.300. The lowest BCUT2D eigenvalue weighted by atomic mass is 10.2. The zero-order valence-electron chi connectivity index (χ0n) is 8.98. The first-order valence-corrected chi connectivity index (χ1v) is 4.86. The topological polar surface area (TPSA) is 38.3 Å². The van der Waals surface area contributed by atoms with Crippen molar-refractivity contribution >= 4 is 23.2 Å². The van der Waals surface area contributed by atoms with Gasteiger partial charge in [-0.2, -0.15) is 13.2 Å². The molecule has 1 rings (SSSR count). The number of alkyl halides is 3. The van der Waals surface area contributed by atoms with E-state index in [4.69, 9.17) is 16.3 Å². The molecule has 0 aliphatic heterocycles. The molecule has 7 heteroatoms. The Labute approximate surface area is 101 Å². The van der Waals surface area contributed by atoms with E-state index in [1.165, 1.54) is 26.2 Å². The van der Waals surface area contributed by atoms with Gasteiger partial charge in [0.25, 0.3) is 0 Å². The van der Waals surface area contributed by atoms with Crippen LogP contribution in [0.15, 0.2) is 12.1 Å². The van der Waals surface area contributed by atoms with Gasteiger partial charge in [-0.25, -0.2) is 0 Å². The van der Waals surface area contributed by atoms with Gasteiger partial charge in [0.1, 0.15) is 5.75 Å². The van der Waals surface area contributed by atoms with Gasteiger partial charge in [0, 0.05) is 5.69 Å². The van der Waals surface area contributed by atoms with Gasteiger partial charge in [-0.3, -0.25) is 4.79 Å². The molecular formula is C10H9ClF3NO2. The maximum Gasteiger partial charge on any atom is 0.471 e. The van der Waals surface area contributed by atoms with E-state index in [1.807, 2.05) is 0 Å². The summed E-state index contributed by atoms with van der Waals surface area (Å²) < 4.78 is 41.0. The average Bonchev–Trinajstić information content (AvgIpc) is 2.21. The van der Waals surface area contributed by atoms with Crippen LogP contribution < -0.4 is 10.1 Å². The molecule has 1 aromatic rings. The summed E-state index contributed by atoms with van der Waals surface area (Å²) in [5.74, 6) is -1.71. The molecule has 0 radical (unpaired) electrons. The van der Waals surface area contributed by atoms with Gasteiger partial charge in [-0.1, -0.05) is 11.6 Å². The minimum atomic E-state index is -4.93. The Morgan fingerprint density at radius 3 is 2.47 bits per heavy atom. The summed E-state index contributed by atoms with van der Waals surface area (Å²) in [6.45, 7) is 1.53. The molecule has 1 amide bonds. The number of anilines is 1. The number of amides is 1. The molecule has 94 valence electrons. The molecule has 1 aromatic carbocycles. The normalized spacial score (nSPS) is 11.2. The summed E-state index contributed by atoms with van der Waals surface area (Å²) in [6.07, 6.45) is -4.93. The molecule has 0 fully saturated rings. The predicted molar refractivity (Wildman–Crippen MR) is 57.4 cm³/mol. The molecule has 17 heavy (non-hydrogen) atoms. The second-order valence-corrected chi connectivity index (χ2v) is 3.66. The van der Waals surface area contributed by atoms with Crippen LogP contribution in [0.1, 0.15) is 5.56 Å². The molecule has 0 spiro atoms. The zero-order chi connectivity index (χ0) is 13.2. The number of nitrogens with one attached hydrogen (secondary N) is 1. The van der Waals surface area contributed by atoms with Crippen molar-refractivity contribution in [1.29, 1.82) is 0 Å². The smallest absolute Gasteiger partial charge is 0.471 e. The van der Waals surface area contributed by atoms with Gasteiger partial charge in [0.05, 0.1) is 12.1 Å². The number of halogens is 4. The van der Waals surface area contributed by atoms with Crippen molar-refractivity contribution in [1.82, 2.24) is 0 Å². The van der Waals surface area contributed by atoms with Gasteiger partial charge < -0.3 is 10.1 Å². The zero-order valence-corrected chi connectivity index (χ0v) is 9.74. The van der Waals surface area contributed by atoms with Gasteiger partial charge in [0.2, 0.25) is 0 Å². The van der Waals surface area contributed by atoms with Gasteiger partial charge in [0.15, 0.2) is 0 Å². The van der Waals surface area contributed by atoms with Crippen molar-refractivity contribution in [2.24, 2.45) is 0 Å². The molecule has 0 aromatic heterocycles. The molecule has 0 aliphatic rings. The Hall–Kier alpha value is -1.43. The van der Waals surface area contributed by atoms with Gasteiger partial charge >= 0.3 is 12.1 Å². The Morgan fingerprint density at radius 2 is 2.00 bits per heavy atom. The third-order valence-corrected chi connectivity index (χ3v) is 2.30. The van der Waals surface area contributed by atoms with E-state index in [0.29, 0.717) is 11.3 Å². The highest BCUT2D eigenvalue weighted by Gasteiger charge is 2.38. The number of hydrogen-bond acceptors (Lipinski definition) is 2. The van der Waals surface area contributed by atoms with Crippen LogP contribution in [-0.4, -0.2) is 19.2 Å². The van der Waals surface area contributed by atoms with E-state index in [-0.39, 0.29) is 10.7 Å². The maximum absolute atomic E-state index is 12.0. The van der Waals surface area contributed by atoms with Crippen LogP contribution in [0.2, 0.25) is 5.02 Å². The molecule has 1 N–H and O–H groups in total. The quantitative estimate of drug-likeness (QED) is 0.894. The number of ether oxygens (including phenoxy) is 1. The van der Waals surface area contributed by atoms with Crippen LogP contribution in [-0.2, 0) is 4.79 Å². The van der Waals surface area contributed by atoms with Crippen molar-refractivity contribution in [2.75, 3.05) is 12.4 Å². The van der Waals surface area contributed by atoms with Crippen molar-refractivity contribution in [3.63, 3.8) is 0 Å². The number of aryl methyl sites for hydroxylation is 1. The fourth-order valence-corrected chi connectivity index (χ4v) is 1.38. The molecule has 3 nitrogen and oxygen atoms in total. The van der Waals surface area contributed by atoms with Crippen molar-refractivity contribution in [3.05, 3.63) is 22.7 Å². The van der Waals surface area contributed by atoms with Crippen LogP contribution in [0.3, 0.4) is 0 Å². The number of carbonyl (C=O) groups is 1. The second kappa shape index (κ2) is 4.83. The van der Waals surface area contributed by atoms with Crippen LogP contribution >= 0.6 is 11.6 Å². The maximum atomic E-state index is 12.0. The van der Waals surface area contributed by atoms with Crippen LogP contribution in [0.25, 0.3) is 0 Å². The third-order valence-electron chi connectivity index (χ3n) is 2.00. The fourth-order valence-electron chi connectivity index (χ4n) is 1.14. The van der Waals surface area contributed by atoms with E-state index >= 15 is 0 Å². The molecule has 0 unspecified atom stereocenters. The van der Waals surface area contributed by atoms with Crippen LogP contribution in [0.5, 0.6) is 5.75 Å². The standard InChI is InChI=1S/C10H9ClF3NO2/c1-5-3-8(17-2)6(11)4-7(5)15-9(16)10(12,13)14/h3-4H,1-2H3,(H,15,16). The Morgan fingerprint density at radius 1 is 1.41 bits per heavy atom. The number of carbonyl (C=O) groups excluding carboxylic acids is 1. The van der Waals surface area contributed by atoms with Crippen molar-refractivity contribution in [2.45, 2.75) is 13.1 Å². The van der Waals surface area contributed by atoms with Gasteiger partial charge in [-0.15, -0.1) is 0 Å². The minimum Gasteiger partial charge on any atom is -0.495 e. The van der Waals surface area contributed by atoms with Crippen LogP contribution in [0, 0.1) is 6.92 Å². The molecule has 0 atom stereocenters. The lowest BCUT2D eigenvalue weighted by molar-refractivity contribution is -0.167. The SMILES string of the molecule is COc1cc(C)c(NC(=O)C(F)(F)F)cc1Cl. The largest absolute Gasteiger partial charge is 0.495 e. The second-order valence-electron chi connectivity index (χ2n) is 3.25. The molecule has 0 aliphatic carbocycles. The Kier molecular flexibility index (Phi) is 3.87. The van der Waals surface area contributed by atoms with Crippen molar-refractivity contribution < 1.29 is 22.7 Å². The first kappa shape index (κ1) is 13.6. The van der Waals surface area contributed by atoms with Crippen molar-refractivity contribution in [3.8, 4) is 5.75 Å². The molecular weight excluding hydrogens is 259 g/mol. The van der Waals surface area contributed by atoms with Gasteiger partial charge in [-0.05, 0) is 24.6 Å². The number of hydrogen-bond donors (Lipinski definition) is 1. The minimum absolute atomic E-state index is 0.00174. The summed E-state index contributed by atoms with van der Waals surface area (Å²) in [4.78, 5) is 10.7. The monoisotopic (exact) mass is 267 g/mol. The highest BCUT2D eigenvalue weighted by atomic mass is 35.5. The first-order valence-electron chi connectivity index (χ1n) is 4.48. The van der Waals surface area contributed by atoms with E-state index in [0.717, 1.165) is 0 Å². The molecule has 0 saturated carbocycles. The average molecular weight is 268 g/mol. The number of methoxy groups -OCH3 is 1. The summed E-state index contributed by atoms with van der Waals surface area (Å²) >= 11 is 5.74. The summed E-state index contributed by atoms with van der Waals surface area (Å²) in [5.41, 5.74) is 0.418. The summed E-state index contributed by atoms with van der Waals surface area (Å²) in [6, 6.07) is 2.65. The number of rotatable bonds is 2. The Balaban J connectivity index is 3.01. The third kappa shape index (κ3) is 3.26. The lowest BCUT2D eigenvalue weighted by Gasteiger charge is -2.12. The molecule has 0 bridgehead atoms. The molecule has 0 heterocycles. The number of benzene rings is 1. The van der Waals surface area contributed by atoms with E-state index < -0.39 is 12.1 Å². The van der Waals surface area contributed by atoms with Crippen LogP contribution in [0.4, 0.5) is 18.9 Å². The highest BCUT2D eigenvalue weighted by Crippen LogP contribution is 2.31.